The third kappa shape index (κ3) is 7.86. The minimum Gasteiger partial charge on any atom is -0.0654 e. The predicted molar refractivity (Wildman–Crippen MR) is 149 cm³/mol. The van der Waals surface area contributed by atoms with Gasteiger partial charge in [0.1, 0.15) is 0 Å². The van der Waals surface area contributed by atoms with Crippen LogP contribution in [0.4, 0.5) is 0 Å². The smallest absolute Gasteiger partial charge is 0.0159 e. The Morgan fingerprint density at radius 2 is 1.18 bits per heavy atom. The first-order chi connectivity index (χ1) is 16.7. The van der Waals surface area contributed by atoms with Crippen LogP contribution >= 0.6 is 0 Å². The van der Waals surface area contributed by atoms with Crippen LogP contribution in [0, 0.1) is 29.6 Å². The van der Waals surface area contributed by atoms with E-state index in [0.717, 1.165) is 35.5 Å². The SMILES string of the molecule is CCCCCCCC1CCC(CCC2CCC3CC(c4ccc(CCC)cc4)CCC3C2)CC1. The fourth-order valence-electron chi connectivity index (χ4n) is 8.11. The molecule has 3 aliphatic rings. The summed E-state index contributed by atoms with van der Waals surface area (Å²) in [6, 6.07) is 9.73. The van der Waals surface area contributed by atoms with Crippen molar-refractivity contribution in [1.82, 2.24) is 0 Å². The molecule has 3 saturated carbocycles. The lowest BCUT2D eigenvalue weighted by Crippen LogP contribution is -2.30. The summed E-state index contributed by atoms with van der Waals surface area (Å²) in [5.74, 6) is 6.13. The van der Waals surface area contributed by atoms with E-state index in [9.17, 15) is 0 Å². The number of hydrogen-bond donors (Lipinski definition) is 0. The molecule has 0 saturated heterocycles. The lowest BCUT2D eigenvalue weighted by Gasteiger charge is -2.43. The number of unbranched alkanes of at least 4 members (excludes halogenated alkanes) is 4. The summed E-state index contributed by atoms with van der Waals surface area (Å²) in [6.45, 7) is 4.61. The average molecular weight is 465 g/mol. The first-order valence-corrected chi connectivity index (χ1v) is 15.8. The fraction of sp³-hybridized carbons (Fsp3) is 0.824. The standard InChI is InChI=1S/C34H56/c1-3-5-6-7-8-10-28-11-13-29(14-12-28)15-16-30-19-22-34-26-33(24-23-32(34)25-30)31-20-17-27(9-4-2)18-21-31/h17-18,20-21,28-30,32-34H,3-16,19,22-26H2,1-2H3. The summed E-state index contributed by atoms with van der Waals surface area (Å²) < 4.78 is 0. The van der Waals surface area contributed by atoms with Crippen molar-refractivity contribution < 1.29 is 0 Å². The van der Waals surface area contributed by atoms with Gasteiger partial charge in [-0.25, -0.2) is 0 Å². The second kappa shape index (κ2) is 14.1. The highest BCUT2D eigenvalue weighted by Gasteiger charge is 2.36. The largest absolute Gasteiger partial charge is 0.0654 e. The summed E-state index contributed by atoms with van der Waals surface area (Å²) in [6.07, 6.45) is 29.7. The van der Waals surface area contributed by atoms with E-state index >= 15 is 0 Å². The number of fused-ring (bicyclic) bond motifs is 1. The third-order valence-electron chi connectivity index (χ3n) is 10.4. The van der Waals surface area contributed by atoms with Gasteiger partial charge in [0.05, 0.1) is 0 Å². The summed E-state index contributed by atoms with van der Waals surface area (Å²) >= 11 is 0. The van der Waals surface area contributed by atoms with Crippen LogP contribution in [0.3, 0.4) is 0 Å². The first-order valence-electron chi connectivity index (χ1n) is 15.8. The summed E-state index contributed by atoms with van der Waals surface area (Å²) in [5.41, 5.74) is 3.16. The van der Waals surface area contributed by atoms with Crippen LogP contribution in [0.5, 0.6) is 0 Å². The molecule has 0 heterocycles. The Balaban J connectivity index is 1.11. The quantitative estimate of drug-likeness (QED) is 0.270. The highest BCUT2D eigenvalue weighted by atomic mass is 14.4. The van der Waals surface area contributed by atoms with Gasteiger partial charge in [0, 0.05) is 0 Å². The minimum atomic E-state index is 0.843. The van der Waals surface area contributed by atoms with Crippen molar-refractivity contribution in [3.63, 3.8) is 0 Å². The average Bonchev–Trinajstić information content (AvgIpc) is 2.88. The number of aryl methyl sites for hydroxylation is 1. The van der Waals surface area contributed by atoms with Crippen LogP contribution in [0.25, 0.3) is 0 Å². The molecular weight excluding hydrogens is 408 g/mol. The Bertz CT molecular complexity index is 664. The molecule has 34 heavy (non-hydrogen) atoms. The van der Waals surface area contributed by atoms with Crippen LogP contribution in [-0.2, 0) is 6.42 Å². The number of rotatable bonds is 12. The van der Waals surface area contributed by atoms with E-state index in [1.165, 1.54) is 89.0 Å². The van der Waals surface area contributed by atoms with Crippen molar-refractivity contribution in [2.75, 3.05) is 0 Å². The summed E-state index contributed by atoms with van der Waals surface area (Å²) in [7, 11) is 0. The topological polar surface area (TPSA) is 0 Å². The van der Waals surface area contributed by atoms with Gasteiger partial charge >= 0.3 is 0 Å². The summed E-state index contributed by atoms with van der Waals surface area (Å²) in [5, 5.41) is 0. The van der Waals surface area contributed by atoms with E-state index < -0.39 is 0 Å². The van der Waals surface area contributed by atoms with Crippen LogP contribution in [0.2, 0.25) is 0 Å². The van der Waals surface area contributed by atoms with Crippen LogP contribution in [0.1, 0.15) is 153 Å². The van der Waals surface area contributed by atoms with E-state index in [1.54, 1.807) is 50.5 Å². The predicted octanol–water partition coefficient (Wildman–Crippen LogP) is 10.9. The van der Waals surface area contributed by atoms with E-state index in [2.05, 4.69) is 38.1 Å². The molecule has 0 nitrogen and oxygen atoms in total. The van der Waals surface area contributed by atoms with Gasteiger partial charge in [0.2, 0.25) is 0 Å². The van der Waals surface area contributed by atoms with Crippen LogP contribution in [-0.4, -0.2) is 0 Å². The van der Waals surface area contributed by atoms with Crippen molar-refractivity contribution in [2.24, 2.45) is 29.6 Å². The molecule has 0 bridgehead atoms. The second-order valence-electron chi connectivity index (χ2n) is 12.9. The molecule has 3 fully saturated rings. The number of hydrogen-bond acceptors (Lipinski definition) is 0. The Labute approximate surface area is 213 Å². The molecular formula is C34H56. The maximum absolute atomic E-state index is 2.46. The lowest BCUT2D eigenvalue weighted by molar-refractivity contribution is 0.108. The Morgan fingerprint density at radius 3 is 1.91 bits per heavy atom. The molecule has 3 aliphatic carbocycles. The first kappa shape index (κ1) is 26.3. The molecule has 4 unspecified atom stereocenters. The molecule has 0 aliphatic heterocycles. The van der Waals surface area contributed by atoms with E-state index in [1.807, 2.05) is 0 Å². The Morgan fingerprint density at radius 1 is 0.559 bits per heavy atom. The van der Waals surface area contributed by atoms with Gasteiger partial charge in [-0.1, -0.05) is 128 Å². The molecule has 1 aromatic rings. The lowest BCUT2D eigenvalue weighted by atomic mass is 9.63. The Kier molecular flexibility index (Phi) is 10.9. The highest BCUT2D eigenvalue weighted by Crippen LogP contribution is 2.49. The van der Waals surface area contributed by atoms with E-state index in [0.29, 0.717) is 0 Å². The van der Waals surface area contributed by atoms with Crippen LogP contribution < -0.4 is 0 Å². The second-order valence-corrected chi connectivity index (χ2v) is 12.9. The van der Waals surface area contributed by atoms with E-state index in [4.69, 9.17) is 0 Å². The van der Waals surface area contributed by atoms with E-state index in [-0.39, 0.29) is 0 Å². The molecule has 0 aromatic heterocycles. The maximum Gasteiger partial charge on any atom is -0.0159 e. The summed E-state index contributed by atoms with van der Waals surface area (Å²) in [4.78, 5) is 0. The molecule has 192 valence electrons. The molecule has 0 N–H and O–H groups in total. The Hall–Kier alpha value is -0.780. The molecule has 0 amide bonds. The molecule has 0 heteroatoms. The molecule has 4 atom stereocenters. The zero-order chi connectivity index (χ0) is 23.6. The van der Waals surface area contributed by atoms with Crippen molar-refractivity contribution in [1.29, 1.82) is 0 Å². The molecule has 0 radical (unpaired) electrons. The maximum atomic E-state index is 2.46. The van der Waals surface area contributed by atoms with Gasteiger partial charge in [0.25, 0.3) is 0 Å². The minimum absolute atomic E-state index is 0.843. The zero-order valence-corrected chi connectivity index (χ0v) is 22.9. The van der Waals surface area contributed by atoms with Gasteiger partial charge < -0.3 is 0 Å². The van der Waals surface area contributed by atoms with Gasteiger partial charge in [-0.2, -0.15) is 0 Å². The van der Waals surface area contributed by atoms with Gasteiger partial charge in [-0.3, -0.25) is 0 Å². The monoisotopic (exact) mass is 464 g/mol. The van der Waals surface area contributed by atoms with Gasteiger partial charge in [-0.15, -0.1) is 0 Å². The van der Waals surface area contributed by atoms with Crippen molar-refractivity contribution in [3.8, 4) is 0 Å². The highest BCUT2D eigenvalue weighted by molar-refractivity contribution is 5.26. The van der Waals surface area contributed by atoms with Crippen molar-refractivity contribution in [3.05, 3.63) is 35.4 Å². The number of benzene rings is 1. The van der Waals surface area contributed by atoms with Crippen LogP contribution in [0.15, 0.2) is 24.3 Å². The van der Waals surface area contributed by atoms with Gasteiger partial charge in [-0.05, 0) is 85.2 Å². The third-order valence-corrected chi connectivity index (χ3v) is 10.4. The molecule has 1 aromatic carbocycles. The van der Waals surface area contributed by atoms with Gasteiger partial charge in [0.15, 0.2) is 0 Å². The van der Waals surface area contributed by atoms with Crippen molar-refractivity contribution >= 4 is 0 Å². The van der Waals surface area contributed by atoms with Crippen molar-refractivity contribution in [2.45, 2.75) is 148 Å². The fourth-order valence-corrected chi connectivity index (χ4v) is 8.11. The molecule has 4 rings (SSSR count). The normalized spacial score (nSPS) is 31.8. The zero-order valence-electron chi connectivity index (χ0n) is 22.9. The molecule has 0 spiro atoms.